The number of rotatable bonds is 6. The van der Waals surface area contributed by atoms with Gasteiger partial charge in [-0.05, 0) is 16.5 Å². The van der Waals surface area contributed by atoms with Crippen LogP contribution in [0.3, 0.4) is 0 Å². The second kappa shape index (κ2) is 6.09. The van der Waals surface area contributed by atoms with Gasteiger partial charge in [0.15, 0.2) is 5.75 Å². The number of tetrazole rings is 1. The highest BCUT2D eigenvalue weighted by Gasteiger charge is 2.07. The topological polar surface area (TPSA) is 126 Å². The number of anilines is 1. The molecule has 0 fully saturated rings. The summed E-state index contributed by atoms with van der Waals surface area (Å²) < 4.78 is 1.39. The van der Waals surface area contributed by atoms with E-state index in [2.05, 4.69) is 25.7 Å². The summed E-state index contributed by atoms with van der Waals surface area (Å²) in [5, 5.41) is 40.3. The lowest BCUT2D eigenvalue weighted by atomic mass is 10.2. The standard InChI is InChI=1S/C10H13N5O4/c16-5-9(17)4-11-7-1-8(3-10(2-7)19-18)15-6-12-13-14-15/h1-3,6,9,11,16-18H,4-5H2. The van der Waals surface area contributed by atoms with Crippen molar-refractivity contribution in [2.45, 2.75) is 6.10 Å². The lowest BCUT2D eigenvalue weighted by molar-refractivity contribution is -0.137. The quantitative estimate of drug-likeness (QED) is 0.399. The second-order valence-electron chi connectivity index (χ2n) is 3.78. The van der Waals surface area contributed by atoms with Crippen LogP contribution in [0.25, 0.3) is 5.69 Å². The van der Waals surface area contributed by atoms with Gasteiger partial charge in [0.05, 0.1) is 18.4 Å². The van der Waals surface area contributed by atoms with Crippen molar-refractivity contribution < 1.29 is 20.4 Å². The largest absolute Gasteiger partial charge is 0.394 e. The molecule has 1 heterocycles. The fraction of sp³-hybridized carbons (Fsp3) is 0.300. The number of nitrogens with zero attached hydrogens (tertiary/aromatic N) is 4. The lowest BCUT2D eigenvalue weighted by Crippen LogP contribution is -2.23. The molecule has 0 aliphatic carbocycles. The van der Waals surface area contributed by atoms with Crippen LogP contribution in [0, 0.1) is 0 Å². The first-order valence-electron chi connectivity index (χ1n) is 5.45. The molecule has 1 aromatic carbocycles. The van der Waals surface area contributed by atoms with E-state index in [1.807, 2.05) is 0 Å². The van der Waals surface area contributed by atoms with E-state index in [1.165, 1.54) is 23.1 Å². The highest BCUT2D eigenvalue weighted by atomic mass is 17.1. The summed E-state index contributed by atoms with van der Waals surface area (Å²) in [6, 6.07) is 4.75. The SMILES string of the molecule is OCC(O)CNc1cc(OO)cc(-n2cnnn2)c1. The normalized spacial score (nSPS) is 12.2. The zero-order valence-electron chi connectivity index (χ0n) is 9.84. The van der Waals surface area contributed by atoms with E-state index in [9.17, 15) is 5.11 Å². The van der Waals surface area contributed by atoms with Gasteiger partial charge in [-0.3, -0.25) is 0 Å². The van der Waals surface area contributed by atoms with Gasteiger partial charge in [0, 0.05) is 24.4 Å². The molecule has 19 heavy (non-hydrogen) atoms. The first-order valence-corrected chi connectivity index (χ1v) is 5.45. The smallest absolute Gasteiger partial charge is 0.169 e. The maximum Gasteiger partial charge on any atom is 0.169 e. The van der Waals surface area contributed by atoms with E-state index in [0.717, 1.165) is 0 Å². The zero-order valence-corrected chi connectivity index (χ0v) is 9.84. The van der Waals surface area contributed by atoms with Crippen LogP contribution >= 0.6 is 0 Å². The van der Waals surface area contributed by atoms with Gasteiger partial charge in [-0.1, -0.05) is 0 Å². The van der Waals surface area contributed by atoms with Gasteiger partial charge in [0.25, 0.3) is 0 Å². The molecule has 4 N–H and O–H groups in total. The number of hydrogen-bond donors (Lipinski definition) is 4. The van der Waals surface area contributed by atoms with Crippen molar-refractivity contribution in [1.82, 2.24) is 20.2 Å². The fourth-order valence-electron chi connectivity index (χ4n) is 1.45. The van der Waals surface area contributed by atoms with Gasteiger partial charge in [0.2, 0.25) is 0 Å². The number of aromatic nitrogens is 4. The van der Waals surface area contributed by atoms with Gasteiger partial charge < -0.3 is 20.4 Å². The van der Waals surface area contributed by atoms with Crippen LogP contribution in [-0.2, 0) is 0 Å². The monoisotopic (exact) mass is 267 g/mol. The first kappa shape index (κ1) is 13.2. The summed E-state index contributed by atoms with van der Waals surface area (Å²) in [6.45, 7) is -0.191. The van der Waals surface area contributed by atoms with Gasteiger partial charge in [0.1, 0.15) is 6.33 Å². The highest BCUT2D eigenvalue weighted by Crippen LogP contribution is 2.22. The molecule has 9 nitrogen and oxygen atoms in total. The van der Waals surface area contributed by atoms with E-state index in [-0.39, 0.29) is 18.9 Å². The Kier molecular flexibility index (Phi) is 4.23. The van der Waals surface area contributed by atoms with Crippen LogP contribution in [0.5, 0.6) is 5.75 Å². The summed E-state index contributed by atoms with van der Waals surface area (Å²) in [6.07, 6.45) is 0.512. The minimum absolute atomic E-state index is 0.153. The molecule has 0 amide bonds. The van der Waals surface area contributed by atoms with E-state index in [1.54, 1.807) is 6.07 Å². The number of aliphatic hydroxyl groups is 2. The lowest BCUT2D eigenvalue weighted by Gasteiger charge is -2.12. The molecular weight excluding hydrogens is 254 g/mol. The molecule has 0 radical (unpaired) electrons. The van der Waals surface area contributed by atoms with Crippen molar-refractivity contribution in [3.8, 4) is 11.4 Å². The Bertz CT molecular complexity index is 519. The van der Waals surface area contributed by atoms with Gasteiger partial charge >= 0.3 is 0 Å². The predicted octanol–water partition coefficient (Wildman–Crippen LogP) is -0.721. The van der Waals surface area contributed by atoms with Crippen LogP contribution in [0.4, 0.5) is 5.69 Å². The van der Waals surface area contributed by atoms with Crippen LogP contribution in [0.15, 0.2) is 24.5 Å². The zero-order chi connectivity index (χ0) is 13.7. The molecule has 0 bridgehead atoms. The maximum atomic E-state index is 9.27. The molecule has 0 saturated heterocycles. The Balaban J connectivity index is 2.21. The van der Waals surface area contributed by atoms with E-state index in [4.69, 9.17) is 10.4 Å². The molecule has 1 unspecified atom stereocenters. The van der Waals surface area contributed by atoms with E-state index < -0.39 is 6.10 Å². The summed E-state index contributed by atoms with van der Waals surface area (Å²) >= 11 is 0. The van der Waals surface area contributed by atoms with Crippen LogP contribution < -0.4 is 10.2 Å². The summed E-state index contributed by atoms with van der Waals surface area (Å²) in [7, 11) is 0. The van der Waals surface area contributed by atoms with E-state index >= 15 is 0 Å². The molecule has 0 aliphatic heterocycles. The average Bonchev–Trinajstić information content (AvgIpc) is 2.98. The molecule has 0 saturated carbocycles. The fourth-order valence-corrected chi connectivity index (χ4v) is 1.45. The molecule has 2 aromatic rings. The maximum absolute atomic E-state index is 9.27. The third kappa shape index (κ3) is 3.37. The van der Waals surface area contributed by atoms with Gasteiger partial charge in [-0.2, -0.15) is 0 Å². The Morgan fingerprint density at radius 2 is 2.21 bits per heavy atom. The van der Waals surface area contributed by atoms with Crippen molar-refractivity contribution in [3.05, 3.63) is 24.5 Å². The van der Waals surface area contributed by atoms with Crippen molar-refractivity contribution in [2.75, 3.05) is 18.5 Å². The number of nitrogens with one attached hydrogen (secondary N) is 1. The van der Waals surface area contributed by atoms with Crippen molar-refractivity contribution in [3.63, 3.8) is 0 Å². The third-order valence-electron chi connectivity index (χ3n) is 2.36. The molecule has 0 aliphatic rings. The molecule has 0 spiro atoms. The molecule has 1 aromatic heterocycles. The Morgan fingerprint density at radius 1 is 1.37 bits per heavy atom. The van der Waals surface area contributed by atoms with Crippen LogP contribution in [-0.4, -0.2) is 54.9 Å². The van der Waals surface area contributed by atoms with Gasteiger partial charge in [-0.15, -0.1) is 5.10 Å². The van der Waals surface area contributed by atoms with Crippen molar-refractivity contribution >= 4 is 5.69 Å². The number of aliphatic hydroxyl groups excluding tert-OH is 2. The summed E-state index contributed by atoms with van der Waals surface area (Å²) in [4.78, 5) is 4.19. The minimum Gasteiger partial charge on any atom is -0.394 e. The van der Waals surface area contributed by atoms with Gasteiger partial charge in [-0.25, -0.2) is 9.94 Å². The molecule has 9 heteroatoms. The van der Waals surface area contributed by atoms with Crippen molar-refractivity contribution in [2.24, 2.45) is 0 Å². The van der Waals surface area contributed by atoms with Crippen LogP contribution in [0.2, 0.25) is 0 Å². The molecule has 1 atom stereocenters. The number of hydrogen-bond acceptors (Lipinski definition) is 8. The van der Waals surface area contributed by atoms with Crippen molar-refractivity contribution in [1.29, 1.82) is 0 Å². The molecule has 2 rings (SSSR count). The molecular formula is C10H13N5O4. The predicted molar refractivity (Wildman–Crippen MR) is 64.0 cm³/mol. The third-order valence-corrected chi connectivity index (χ3v) is 2.36. The minimum atomic E-state index is -0.879. The Labute approximate surface area is 108 Å². The molecule has 102 valence electrons. The Morgan fingerprint density at radius 3 is 2.84 bits per heavy atom. The average molecular weight is 267 g/mol. The first-order chi connectivity index (χ1) is 9.22. The highest BCUT2D eigenvalue weighted by molar-refractivity contribution is 5.56. The van der Waals surface area contributed by atoms with E-state index in [0.29, 0.717) is 11.4 Å². The number of benzene rings is 1. The second-order valence-corrected chi connectivity index (χ2v) is 3.78. The summed E-state index contributed by atoms with van der Waals surface area (Å²) in [5.41, 5.74) is 1.14. The van der Waals surface area contributed by atoms with Crippen LogP contribution in [0.1, 0.15) is 0 Å². The summed E-state index contributed by atoms with van der Waals surface area (Å²) in [5.74, 6) is 0.189. The Hall–Kier alpha value is -2.23.